The van der Waals surface area contributed by atoms with E-state index in [1.165, 1.54) is 22.6 Å². The number of hydrogen-bond acceptors (Lipinski definition) is 4. The minimum Gasteiger partial charge on any atom is -0.348 e. The summed E-state index contributed by atoms with van der Waals surface area (Å²) in [6, 6.07) is 11.0. The molecule has 4 rings (SSSR count). The summed E-state index contributed by atoms with van der Waals surface area (Å²) in [6.45, 7) is 5.91. The van der Waals surface area contributed by atoms with E-state index in [0.717, 1.165) is 11.1 Å². The minimum atomic E-state index is -0.430. The summed E-state index contributed by atoms with van der Waals surface area (Å²) in [5.74, 6) is -0.633. The number of hydrogen-bond donors (Lipinski definition) is 2. The molecule has 0 bridgehead atoms. The van der Waals surface area contributed by atoms with Gasteiger partial charge in [0.05, 0.1) is 6.54 Å². The second-order valence-electron chi connectivity index (χ2n) is 7.19. The van der Waals surface area contributed by atoms with Gasteiger partial charge in [-0.15, -0.1) is 6.58 Å². The monoisotopic (exact) mass is 418 g/mol. The Morgan fingerprint density at radius 3 is 2.77 bits per heavy atom. The molecule has 31 heavy (non-hydrogen) atoms. The Bertz CT molecular complexity index is 1390. The number of pyridine rings is 2. The third-order valence-electron chi connectivity index (χ3n) is 5.08. The zero-order valence-corrected chi connectivity index (χ0v) is 16.9. The van der Waals surface area contributed by atoms with E-state index in [9.17, 15) is 14.0 Å². The van der Waals surface area contributed by atoms with Crippen molar-refractivity contribution < 1.29 is 13.8 Å². The highest BCUT2D eigenvalue weighted by Gasteiger charge is 2.24. The van der Waals surface area contributed by atoms with Crippen LogP contribution < -0.4 is 21.2 Å². The number of rotatable bonds is 5. The number of nitrogens with two attached hydrogens (primary N) is 1. The number of amides is 1. The quantitative estimate of drug-likeness (QED) is 0.295. The Morgan fingerprint density at radius 1 is 1.32 bits per heavy atom. The van der Waals surface area contributed by atoms with Crippen LogP contribution in [0.1, 0.15) is 21.5 Å². The second kappa shape index (κ2) is 7.98. The molecule has 3 N–H and O–H groups in total. The Labute approximate surface area is 177 Å². The number of aromatic nitrogens is 3. The van der Waals surface area contributed by atoms with Gasteiger partial charge in [-0.05, 0) is 36.8 Å². The number of aryl methyl sites for hydroxylation is 1. The predicted molar refractivity (Wildman–Crippen MR) is 116 cm³/mol. The maximum absolute atomic E-state index is 13.4. The molecule has 0 fully saturated rings. The van der Waals surface area contributed by atoms with Crippen LogP contribution >= 0.6 is 0 Å². The van der Waals surface area contributed by atoms with Gasteiger partial charge in [0.2, 0.25) is 11.5 Å². The molecule has 7 nitrogen and oxygen atoms in total. The van der Waals surface area contributed by atoms with Crippen molar-refractivity contribution in [2.24, 2.45) is 0 Å². The number of nitrogens with zero attached hydrogens (tertiary/aromatic N) is 3. The first kappa shape index (κ1) is 20.2. The molecule has 0 radical (unpaired) electrons. The number of benzene rings is 1. The summed E-state index contributed by atoms with van der Waals surface area (Å²) >= 11 is 0. The Balaban J connectivity index is 2.03. The summed E-state index contributed by atoms with van der Waals surface area (Å²) in [5.41, 5.74) is 8.64. The summed E-state index contributed by atoms with van der Waals surface area (Å²) < 4.78 is 16.4. The molecule has 4 aromatic rings. The third kappa shape index (κ3) is 3.63. The SMILES string of the molecule is C=CCNC(=O)c1cc2c(=O)n3cccc(C)c3nc2[n+](Cc2ccc(F)cc2)c1N. The van der Waals surface area contributed by atoms with Crippen LogP contribution in [0.4, 0.5) is 10.2 Å². The van der Waals surface area contributed by atoms with E-state index in [4.69, 9.17) is 10.7 Å². The fourth-order valence-corrected chi connectivity index (χ4v) is 3.48. The van der Waals surface area contributed by atoms with E-state index in [1.807, 2.05) is 13.0 Å². The third-order valence-corrected chi connectivity index (χ3v) is 5.08. The van der Waals surface area contributed by atoms with E-state index >= 15 is 0 Å². The van der Waals surface area contributed by atoms with Crippen molar-refractivity contribution in [2.45, 2.75) is 13.5 Å². The second-order valence-corrected chi connectivity index (χ2v) is 7.19. The lowest BCUT2D eigenvalue weighted by Crippen LogP contribution is -2.43. The molecule has 3 heterocycles. The number of nitrogen functional groups attached to an aromatic ring is 1. The van der Waals surface area contributed by atoms with Crippen molar-refractivity contribution >= 4 is 28.4 Å². The van der Waals surface area contributed by atoms with Crippen LogP contribution in [0.5, 0.6) is 0 Å². The largest absolute Gasteiger partial charge is 0.348 e. The van der Waals surface area contributed by atoms with Crippen LogP contribution in [0.3, 0.4) is 0 Å². The van der Waals surface area contributed by atoms with Gasteiger partial charge in [0.15, 0.2) is 0 Å². The van der Waals surface area contributed by atoms with Crippen molar-refractivity contribution in [3.8, 4) is 0 Å². The van der Waals surface area contributed by atoms with Gasteiger partial charge in [-0.1, -0.05) is 29.3 Å². The molecule has 1 amide bonds. The average molecular weight is 418 g/mol. The molecular weight excluding hydrogens is 397 g/mol. The number of carbonyl (C=O) groups excluding carboxylic acids is 1. The molecule has 0 saturated heterocycles. The molecule has 0 aliphatic rings. The van der Waals surface area contributed by atoms with Gasteiger partial charge in [-0.3, -0.25) is 14.0 Å². The fourth-order valence-electron chi connectivity index (χ4n) is 3.48. The summed E-state index contributed by atoms with van der Waals surface area (Å²) in [7, 11) is 0. The fraction of sp³-hybridized carbons (Fsp3) is 0.130. The number of carbonyl (C=O) groups is 1. The van der Waals surface area contributed by atoms with Gasteiger partial charge < -0.3 is 11.1 Å². The Morgan fingerprint density at radius 2 is 2.06 bits per heavy atom. The smallest absolute Gasteiger partial charge is 0.278 e. The molecule has 8 heteroatoms. The van der Waals surface area contributed by atoms with Crippen LogP contribution in [0.2, 0.25) is 0 Å². The zero-order chi connectivity index (χ0) is 22.1. The molecule has 0 atom stereocenters. The maximum Gasteiger partial charge on any atom is 0.278 e. The molecule has 0 aliphatic carbocycles. The van der Waals surface area contributed by atoms with Gasteiger partial charge in [-0.2, -0.15) is 0 Å². The molecule has 3 aromatic heterocycles. The van der Waals surface area contributed by atoms with Crippen molar-refractivity contribution in [1.29, 1.82) is 0 Å². The molecule has 0 saturated carbocycles. The normalized spacial score (nSPS) is 11.0. The highest BCUT2D eigenvalue weighted by molar-refractivity contribution is 6.00. The maximum atomic E-state index is 13.4. The Kier molecular flexibility index (Phi) is 5.21. The van der Waals surface area contributed by atoms with Crippen molar-refractivity contribution in [1.82, 2.24) is 14.7 Å². The summed E-state index contributed by atoms with van der Waals surface area (Å²) in [4.78, 5) is 30.7. The lowest BCUT2D eigenvalue weighted by molar-refractivity contribution is -0.649. The predicted octanol–water partition coefficient (Wildman–Crippen LogP) is 2.13. The van der Waals surface area contributed by atoms with Crippen molar-refractivity contribution in [3.63, 3.8) is 0 Å². The van der Waals surface area contributed by atoms with Crippen LogP contribution in [0.15, 0.2) is 66.1 Å². The highest BCUT2D eigenvalue weighted by Crippen LogP contribution is 2.17. The van der Waals surface area contributed by atoms with Crippen LogP contribution in [0, 0.1) is 12.7 Å². The number of fused-ring (bicyclic) bond motifs is 2. The van der Waals surface area contributed by atoms with E-state index in [0.29, 0.717) is 11.3 Å². The molecule has 0 unspecified atom stereocenters. The van der Waals surface area contributed by atoms with E-state index in [1.54, 1.807) is 35.0 Å². The average Bonchev–Trinajstić information content (AvgIpc) is 2.76. The van der Waals surface area contributed by atoms with Gasteiger partial charge in [0.1, 0.15) is 16.8 Å². The standard InChI is InChI=1S/C23H20FN5O2/c1-3-10-26-22(30)17-12-18-21(27-20-14(2)5-4-11-28(20)23(18)31)29(19(17)25)13-15-6-8-16(24)9-7-15/h3-9,11-12,25H,1,10,13H2,2H3,(H,26,30)/p+1. The van der Waals surface area contributed by atoms with Gasteiger partial charge in [-0.25, -0.2) is 8.96 Å². The van der Waals surface area contributed by atoms with Crippen LogP contribution in [-0.4, -0.2) is 21.8 Å². The van der Waals surface area contributed by atoms with Crippen LogP contribution in [-0.2, 0) is 6.54 Å². The number of nitrogens with one attached hydrogen (secondary N) is 1. The lowest BCUT2D eigenvalue weighted by Gasteiger charge is -2.12. The first-order valence-corrected chi connectivity index (χ1v) is 9.68. The lowest BCUT2D eigenvalue weighted by atomic mass is 10.1. The molecule has 1 aromatic carbocycles. The highest BCUT2D eigenvalue weighted by atomic mass is 19.1. The van der Waals surface area contributed by atoms with Gasteiger partial charge in [0, 0.05) is 18.3 Å². The minimum absolute atomic E-state index is 0.156. The van der Waals surface area contributed by atoms with E-state index in [2.05, 4.69) is 11.9 Å². The van der Waals surface area contributed by atoms with Crippen LogP contribution in [0.25, 0.3) is 16.7 Å². The van der Waals surface area contributed by atoms with Crippen molar-refractivity contribution in [3.05, 3.63) is 94.2 Å². The topological polar surface area (TPSA) is 93.4 Å². The number of halogens is 1. The molecule has 156 valence electrons. The number of anilines is 1. The van der Waals surface area contributed by atoms with Gasteiger partial charge in [0.25, 0.3) is 17.1 Å². The molecular formula is C23H21FN5O2+. The Hall–Kier alpha value is -4.07. The molecule has 0 aliphatic heterocycles. The summed E-state index contributed by atoms with van der Waals surface area (Å²) in [5, 5.41) is 2.94. The first-order valence-electron chi connectivity index (χ1n) is 9.68. The van der Waals surface area contributed by atoms with E-state index < -0.39 is 5.91 Å². The van der Waals surface area contributed by atoms with Crippen molar-refractivity contribution in [2.75, 3.05) is 12.3 Å². The zero-order valence-electron chi connectivity index (χ0n) is 16.9. The van der Waals surface area contributed by atoms with E-state index in [-0.39, 0.29) is 41.2 Å². The van der Waals surface area contributed by atoms with Gasteiger partial charge >= 0.3 is 0 Å². The first-order chi connectivity index (χ1) is 14.9. The molecule has 0 spiro atoms. The summed E-state index contributed by atoms with van der Waals surface area (Å²) in [6.07, 6.45) is 3.18.